The number of carbonyl (C=O) groups excluding carboxylic acids is 3. The van der Waals surface area contributed by atoms with E-state index in [9.17, 15) is 14.4 Å². The molecule has 1 spiro atoms. The maximum Gasteiger partial charge on any atom is 0.417 e. The second kappa shape index (κ2) is 7.03. The molecule has 0 unspecified atom stereocenters. The Balaban J connectivity index is 1.60. The minimum atomic E-state index is -1.71. The first kappa shape index (κ1) is 20.4. The number of para-hydroxylation sites is 1. The molecule has 0 bridgehead atoms. The highest BCUT2D eigenvalue weighted by molar-refractivity contribution is 7.80. The number of anilines is 1. The quantitative estimate of drug-likeness (QED) is 0.718. The molecule has 164 valence electrons. The van der Waals surface area contributed by atoms with Crippen molar-refractivity contribution in [1.82, 2.24) is 10.2 Å². The summed E-state index contributed by atoms with van der Waals surface area (Å²) in [6, 6.07) is 15.5. The first-order valence-corrected chi connectivity index (χ1v) is 10.6. The van der Waals surface area contributed by atoms with Crippen LogP contribution in [-0.2, 0) is 31.2 Å². The van der Waals surface area contributed by atoms with Gasteiger partial charge in [0.25, 0.3) is 17.0 Å². The first-order valence-electron chi connectivity index (χ1n) is 10.2. The first-order chi connectivity index (χ1) is 15.3. The van der Waals surface area contributed by atoms with Gasteiger partial charge in [0.1, 0.15) is 6.61 Å². The third-order valence-corrected chi connectivity index (χ3v) is 6.27. The molecule has 2 fully saturated rings. The van der Waals surface area contributed by atoms with Crippen molar-refractivity contribution in [3.63, 3.8) is 0 Å². The van der Waals surface area contributed by atoms with Crippen LogP contribution in [0.3, 0.4) is 0 Å². The van der Waals surface area contributed by atoms with Crippen molar-refractivity contribution in [2.45, 2.75) is 37.6 Å². The van der Waals surface area contributed by atoms with Gasteiger partial charge in [0.2, 0.25) is 5.60 Å². The average molecular weight is 452 g/mol. The number of thiocarbonyl (C=S) groups is 1. The van der Waals surface area contributed by atoms with E-state index in [2.05, 4.69) is 5.32 Å². The Labute approximate surface area is 190 Å². The van der Waals surface area contributed by atoms with Crippen molar-refractivity contribution < 1.29 is 23.9 Å². The molecule has 2 atom stereocenters. The minimum absolute atomic E-state index is 0.0628. The molecule has 9 heteroatoms. The van der Waals surface area contributed by atoms with E-state index in [1.165, 1.54) is 0 Å². The third-order valence-electron chi connectivity index (χ3n) is 6.07. The van der Waals surface area contributed by atoms with Gasteiger partial charge in [-0.1, -0.05) is 48.5 Å². The van der Waals surface area contributed by atoms with Crippen LogP contribution in [0.1, 0.15) is 25.0 Å². The molecule has 2 aromatic rings. The molecule has 2 aromatic carbocycles. The van der Waals surface area contributed by atoms with Crippen LogP contribution in [-0.4, -0.2) is 46.2 Å². The molecule has 1 N–H and O–H groups in total. The number of nitrogens with one attached hydrogen (secondary N) is 1. The lowest BCUT2D eigenvalue weighted by Crippen LogP contribution is -2.60. The van der Waals surface area contributed by atoms with Crippen molar-refractivity contribution in [1.29, 1.82) is 0 Å². The molecule has 5 rings (SSSR count). The summed E-state index contributed by atoms with van der Waals surface area (Å²) in [4.78, 5) is 42.6. The number of imide groups is 1. The van der Waals surface area contributed by atoms with Gasteiger partial charge in [-0.15, -0.1) is 0 Å². The summed E-state index contributed by atoms with van der Waals surface area (Å²) in [5.74, 6) is -1.04. The van der Waals surface area contributed by atoms with Gasteiger partial charge in [-0.3, -0.25) is 9.59 Å². The normalized spacial score (nSPS) is 25.6. The molecule has 2 saturated heterocycles. The molecule has 3 heterocycles. The van der Waals surface area contributed by atoms with Crippen LogP contribution >= 0.6 is 12.2 Å². The number of nitrogens with zero attached hydrogens (tertiary/aromatic N) is 2. The van der Waals surface area contributed by atoms with Crippen molar-refractivity contribution in [2.24, 2.45) is 0 Å². The van der Waals surface area contributed by atoms with E-state index in [4.69, 9.17) is 21.7 Å². The van der Waals surface area contributed by atoms with Crippen LogP contribution in [0.25, 0.3) is 0 Å². The van der Waals surface area contributed by atoms with Crippen LogP contribution in [0.2, 0.25) is 0 Å². The molecule has 3 aliphatic heterocycles. The fraction of sp³-hybridized carbons (Fsp3) is 0.304. The Morgan fingerprint density at radius 2 is 1.81 bits per heavy atom. The van der Waals surface area contributed by atoms with E-state index in [0.29, 0.717) is 17.8 Å². The van der Waals surface area contributed by atoms with Gasteiger partial charge in [-0.2, -0.15) is 0 Å². The molecule has 32 heavy (non-hydrogen) atoms. The maximum atomic E-state index is 13.9. The van der Waals surface area contributed by atoms with Crippen LogP contribution in [0.15, 0.2) is 54.6 Å². The van der Waals surface area contributed by atoms with Crippen molar-refractivity contribution in [2.75, 3.05) is 11.5 Å². The molecule has 0 aromatic heterocycles. The lowest BCUT2D eigenvalue weighted by molar-refractivity contribution is -0.145. The van der Waals surface area contributed by atoms with Gasteiger partial charge in [0, 0.05) is 5.56 Å². The van der Waals surface area contributed by atoms with E-state index < -0.39 is 35.1 Å². The highest BCUT2D eigenvalue weighted by Gasteiger charge is 2.66. The summed E-state index contributed by atoms with van der Waals surface area (Å²) in [5.41, 5.74) is -0.496. The monoisotopic (exact) mass is 451 g/mol. The summed E-state index contributed by atoms with van der Waals surface area (Å²) in [5, 5.41) is 2.77. The Morgan fingerprint density at radius 3 is 2.50 bits per heavy atom. The van der Waals surface area contributed by atoms with Crippen LogP contribution in [0.5, 0.6) is 0 Å². The Morgan fingerprint density at radius 1 is 1.12 bits per heavy atom. The van der Waals surface area contributed by atoms with Gasteiger partial charge < -0.3 is 19.7 Å². The number of carbonyl (C=O) groups is 3. The van der Waals surface area contributed by atoms with Gasteiger partial charge in [0.05, 0.1) is 17.8 Å². The van der Waals surface area contributed by atoms with E-state index in [-0.39, 0.29) is 11.8 Å². The fourth-order valence-electron chi connectivity index (χ4n) is 4.57. The number of benzene rings is 2. The zero-order chi connectivity index (χ0) is 22.7. The molecule has 0 aliphatic carbocycles. The largest absolute Gasteiger partial charge is 0.447 e. The number of hydrogen-bond acceptors (Lipinski definition) is 6. The summed E-state index contributed by atoms with van der Waals surface area (Å²) >= 11 is 5.25. The standard InChI is InChI=1S/C23H21N3O5S/c1-22(2)13-30-21(29)26(22)18(27)17-23(31-20(32)24-17)15-10-6-7-11-16(15)25(19(23)28)12-14-8-4-3-5-9-14/h3-11,17H,12-13H2,1-2H3,(H,24,32)/t17-,23-/m0/s1. The van der Waals surface area contributed by atoms with Crippen LogP contribution in [0.4, 0.5) is 10.5 Å². The zero-order valence-electron chi connectivity index (χ0n) is 17.5. The van der Waals surface area contributed by atoms with E-state index in [0.717, 1.165) is 10.5 Å². The van der Waals surface area contributed by atoms with Crippen molar-refractivity contribution in [3.05, 3.63) is 65.7 Å². The van der Waals surface area contributed by atoms with E-state index in [1.54, 1.807) is 30.9 Å². The highest BCUT2D eigenvalue weighted by atomic mass is 32.1. The number of ether oxygens (including phenoxy) is 2. The Hall–Kier alpha value is -3.46. The van der Waals surface area contributed by atoms with Gasteiger partial charge in [-0.25, -0.2) is 9.69 Å². The molecular formula is C23H21N3O5S. The van der Waals surface area contributed by atoms with Gasteiger partial charge in [0.15, 0.2) is 6.04 Å². The second-order valence-electron chi connectivity index (χ2n) is 8.64. The lowest BCUT2D eigenvalue weighted by atomic mass is 9.86. The highest BCUT2D eigenvalue weighted by Crippen LogP contribution is 2.48. The third kappa shape index (κ3) is 2.81. The number of amides is 3. The summed E-state index contributed by atoms with van der Waals surface area (Å²) in [6.45, 7) is 3.81. The number of fused-ring (bicyclic) bond motifs is 2. The minimum Gasteiger partial charge on any atom is -0.447 e. The molecule has 0 saturated carbocycles. The zero-order valence-corrected chi connectivity index (χ0v) is 18.3. The summed E-state index contributed by atoms with van der Waals surface area (Å²) < 4.78 is 11.0. The lowest BCUT2D eigenvalue weighted by Gasteiger charge is -2.32. The molecular weight excluding hydrogens is 430 g/mol. The van der Waals surface area contributed by atoms with E-state index >= 15 is 0 Å². The van der Waals surface area contributed by atoms with Crippen LogP contribution < -0.4 is 10.2 Å². The van der Waals surface area contributed by atoms with E-state index in [1.807, 2.05) is 42.5 Å². The van der Waals surface area contributed by atoms with Gasteiger partial charge >= 0.3 is 6.09 Å². The fourth-order valence-corrected chi connectivity index (χ4v) is 4.82. The van der Waals surface area contributed by atoms with Crippen molar-refractivity contribution >= 4 is 41.0 Å². The number of cyclic esters (lactones) is 1. The summed E-state index contributed by atoms with van der Waals surface area (Å²) in [7, 11) is 0. The predicted octanol–water partition coefficient (Wildman–Crippen LogP) is 2.46. The molecule has 8 nitrogen and oxygen atoms in total. The SMILES string of the molecule is CC1(C)COC(=O)N1C(=O)[C@@H]1NC(=S)O[C@]12C(=O)N(Cc1ccccc1)c1ccccc12. The molecule has 0 radical (unpaired) electrons. The second-order valence-corrected chi connectivity index (χ2v) is 9.01. The summed E-state index contributed by atoms with van der Waals surface area (Å²) in [6.07, 6.45) is -0.755. The van der Waals surface area contributed by atoms with Crippen molar-refractivity contribution in [3.8, 4) is 0 Å². The maximum absolute atomic E-state index is 13.9. The van der Waals surface area contributed by atoms with Gasteiger partial charge in [-0.05, 0) is 37.7 Å². The topological polar surface area (TPSA) is 88.2 Å². The average Bonchev–Trinajstić information content (AvgIpc) is 3.35. The molecule has 3 amide bonds. The Kier molecular flexibility index (Phi) is 4.49. The molecule has 3 aliphatic rings. The van der Waals surface area contributed by atoms with Crippen LogP contribution in [0, 0.1) is 0 Å². The Bertz CT molecular complexity index is 1150. The number of rotatable bonds is 3. The predicted molar refractivity (Wildman–Crippen MR) is 119 cm³/mol. The smallest absolute Gasteiger partial charge is 0.417 e. The number of hydrogen-bond donors (Lipinski definition) is 1.